The lowest BCUT2D eigenvalue weighted by Crippen LogP contribution is -2.18. The van der Waals surface area contributed by atoms with Gasteiger partial charge in [0, 0.05) is 24.8 Å². The van der Waals surface area contributed by atoms with E-state index < -0.39 is 12.0 Å². The third-order valence-electron chi connectivity index (χ3n) is 3.74. The van der Waals surface area contributed by atoms with Gasteiger partial charge in [-0.1, -0.05) is 12.1 Å². The van der Waals surface area contributed by atoms with Crippen molar-refractivity contribution in [3.8, 4) is 5.75 Å². The van der Waals surface area contributed by atoms with Crippen molar-refractivity contribution in [1.29, 1.82) is 0 Å². The molecule has 0 saturated carbocycles. The maximum atomic E-state index is 10.8. The summed E-state index contributed by atoms with van der Waals surface area (Å²) >= 11 is 0. The highest BCUT2D eigenvalue weighted by molar-refractivity contribution is 5.68. The fraction of sp³-hybridized carbons (Fsp3) is 0.533. The Kier molecular flexibility index (Phi) is 4.98. The summed E-state index contributed by atoms with van der Waals surface area (Å²) in [5, 5.41) is 8.89. The molecule has 1 aliphatic heterocycles. The lowest BCUT2D eigenvalue weighted by Gasteiger charge is -2.24. The summed E-state index contributed by atoms with van der Waals surface area (Å²) in [4.78, 5) is 10.8. The van der Waals surface area contributed by atoms with E-state index in [1.807, 2.05) is 18.2 Å². The summed E-state index contributed by atoms with van der Waals surface area (Å²) in [6.45, 7) is 1.54. The normalized spacial score (nSPS) is 17.7. The first-order valence-corrected chi connectivity index (χ1v) is 6.84. The number of carboxylic acid groups (broad SMARTS) is 1. The van der Waals surface area contributed by atoms with Crippen molar-refractivity contribution < 1.29 is 19.4 Å². The summed E-state index contributed by atoms with van der Waals surface area (Å²) in [5.41, 5.74) is 7.93. The molecule has 1 saturated heterocycles. The summed E-state index contributed by atoms with van der Waals surface area (Å²) in [5.74, 6) is 0.191. The molecule has 0 radical (unpaired) electrons. The van der Waals surface area contributed by atoms with Gasteiger partial charge in [-0.25, -0.2) is 0 Å². The van der Waals surface area contributed by atoms with Gasteiger partial charge in [0.15, 0.2) is 0 Å². The summed E-state index contributed by atoms with van der Waals surface area (Å²) in [6.07, 6.45) is 1.87. The van der Waals surface area contributed by atoms with Crippen molar-refractivity contribution >= 4 is 5.97 Å². The van der Waals surface area contributed by atoms with Gasteiger partial charge in [-0.2, -0.15) is 0 Å². The molecule has 1 aromatic carbocycles. The molecule has 2 rings (SSSR count). The van der Waals surface area contributed by atoms with Crippen LogP contribution in [0.15, 0.2) is 18.2 Å². The Labute approximate surface area is 118 Å². The molecule has 0 aliphatic carbocycles. The maximum Gasteiger partial charge on any atom is 0.305 e. The molecule has 1 unspecified atom stereocenters. The Morgan fingerprint density at radius 1 is 1.50 bits per heavy atom. The Hall–Kier alpha value is -1.59. The second kappa shape index (κ2) is 6.72. The van der Waals surface area contributed by atoms with Gasteiger partial charge in [0.1, 0.15) is 5.75 Å². The van der Waals surface area contributed by atoms with E-state index in [1.54, 1.807) is 7.11 Å². The van der Waals surface area contributed by atoms with Crippen molar-refractivity contribution in [3.63, 3.8) is 0 Å². The zero-order chi connectivity index (χ0) is 14.5. The highest BCUT2D eigenvalue weighted by Gasteiger charge is 2.20. The molecule has 20 heavy (non-hydrogen) atoms. The largest absolute Gasteiger partial charge is 0.496 e. The number of carbonyl (C=O) groups is 1. The van der Waals surface area contributed by atoms with Crippen molar-refractivity contribution in [2.45, 2.75) is 31.2 Å². The topological polar surface area (TPSA) is 81.8 Å². The van der Waals surface area contributed by atoms with E-state index in [-0.39, 0.29) is 6.42 Å². The first-order valence-electron chi connectivity index (χ1n) is 6.84. The van der Waals surface area contributed by atoms with Gasteiger partial charge in [0.2, 0.25) is 0 Å². The van der Waals surface area contributed by atoms with E-state index in [1.165, 1.54) is 5.56 Å². The Morgan fingerprint density at radius 2 is 2.20 bits per heavy atom. The van der Waals surface area contributed by atoms with Crippen molar-refractivity contribution in [2.24, 2.45) is 5.73 Å². The smallest absolute Gasteiger partial charge is 0.305 e. The van der Waals surface area contributed by atoms with Gasteiger partial charge in [0.25, 0.3) is 0 Å². The van der Waals surface area contributed by atoms with Gasteiger partial charge in [-0.3, -0.25) is 4.79 Å². The average molecular weight is 279 g/mol. The van der Waals surface area contributed by atoms with Crippen molar-refractivity contribution in [3.05, 3.63) is 29.3 Å². The van der Waals surface area contributed by atoms with E-state index in [0.717, 1.165) is 31.6 Å². The maximum absolute atomic E-state index is 10.8. The predicted molar refractivity (Wildman–Crippen MR) is 75.0 cm³/mol. The van der Waals surface area contributed by atoms with Gasteiger partial charge in [-0.05, 0) is 30.4 Å². The number of benzene rings is 1. The highest BCUT2D eigenvalue weighted by atomic mass is 16.5. The molecular formula is C15H21NO4. The van der Waals surface area contributed by atoms with Gasteiger partial charge in [0.05, 0.1) is 13.5 Å². The van der Waals surface area contributed by atoms with Crippen LogP contribution in [0.5, 0.6) is 5.75 Å². The van der Waals surface area contributed by atoms with Crippen molar-refractivity contribution in [2.75, 3.05) is 20.3 Å². The fourth-order valence-corrected chi connectivity index (χ4v) is 2.63. The number of methoxy groups -OCH3 is 1. The second-order valence-electron chi connectivity index (χ2n) is 5.09. The number of nitrogens with two attached hydrogens (primary N) is 1. The first-order chi connectivity index (χ1) is 9.61. The van der Waals surface area contributed by atoms with Crippen LogP contribution in [0.3, 0.4) is 0 Å². The molecular weight excluding hydrogens is 258 g/mol. The number of hydrogen-bond acceptors (Lipinski definition) is 4. The Bertz CT molecular complexity index is 469. The van der Waals surface area contributed by atoms with E-state index >= 15 is 0 Å². The SMILES string of the molecule is COc1ccc(C2CCOCC2)cc1C(N)CC(=O)O. The number of rotatable bonds is 5. The van der Waals surface area contributed by atoms with Crippen molar-refractivity contribution in [1.82, 2.24) is 0 Å². The summed E-state index contributed by atoms with van der Waals surface area (Å²) in [6, 6.07) is 5.35. The first kappa shape index (κ1) is 14.8. The van der Waals surface area contributed by atoms with E-state index in [4.69, 9.17) is 20.3 Å². The van der Waals surface area contributed by atoms with Crippen LogP contribution >= 0.6 is 0 Å². The zero-order valence-corrected chi connectivity index (χ0v) is 11.7. The molecule has 0 bridgehead atoms. The molecule has 110 valence electrons. The number of aliphatic carboxylic acids is 1. The average Bonchev–Trinajstić information content (AvgIpc) is 2.46. The van der Waals surface area contributed by atoms with Crippen LogP contribution in [0.2, 0.25) is 0 Å². The minimum atomic E-state index is -0.906. The predicted octanol–water partition coefficient (Wildman–Crippen LogP) is 2.06. The molecule has 0 amide bonds. The molecule has 1 aliphatic rings. The second-order valence-corrected chi connectivity index (χ2v) is 5.09. The van der Waals surface area contributed by atoms with Crippen LogP contribution in [-0.2, 0) is 9.53 Å². The van der Waals surface area contributed by atoms with E-state index in [9.17, 15) is 4.79 Å². The van der Waals surface area contributed by atoms with Crippen LogP contribution in [-0.4, -0.2) is 31.4 Å². The van der Waals surface area contributed by atoms with Crippen LogP contribution < -0.4 is 10.5 Å². The zero-order valence-electron chi connectivity index (χ0n) is 11.7. The summed E-state index contributed by atoms with van der Waals surface area (Å²) < 4.78 is 10.7. The van der Waals surface area contributed by atoms with Crippen LogP contribution in [0.25, 0.3) is 0 Å². The molecule has 1 atom stereocenters. The minimum absolute atomic E-state index is 0.104. The standard InChI is InChI=1S/C15H21NO4/c1-19-14-3-2-11(10-4-6-20-7-5-10)8-12(14)13(16)9-15(17)18/h2-3,8,10,13H,4-7,9,16H2,1H3,(H,17,18). The van der Waals surface area contributed by atoms with Gasteiger partial charge in [-0.15, -0.1) is 0 Å². The third-order valence-corrected chi connectivity index (χ3v) is 3.74. The molecule has 1 aromatic rings. The fourth-order valence-electron chi connectivity index (χ4n) is 2.63. The molecule has 5 heteroatoms. The number of ether oxygens (including phenoxy) is 2. The molecule has 1 heterocycles. The minimum Gasteiger partial charge on any atom is -0.496 e. The van der Waals surface area contributed by atoms with E-state index in [2.05, 4.69) is 0 Å². The van der Waals surface area contributed by atoms with E-state index in [0.29, 0.717) is 11.7 Å². The Balaban J connectivity index is 2.25. The molecule has 1 fully saturated rings. The molecule has 0 spiro atoms. The third kappa shape index (κ3) is 3.49. The number of carboxylic acids is 1. The van der Waals surface area contributed by atoms with Crippen LogP contribution in [0, 0.1) is 0 Å². The molecule has 3 N–H and O–H groups in total. The quantitative estimate of drug-likeness (QED) is 0.862. The molecule has 5 nitrogen and oxygen atoms in total. The highest BCUT2D eigenvalue weighted by Crippen LogP contribution is 2.33. The van der Waals surface area contributed by atoms with Crippen LogP contribution in [0.1, 0.15) is 42.3 Å². The van der Waals surface area contributed by atoms with Gasteiger partial charge >= 0.3 is 5.97 Å². The van der Waals surface area contributed by atoms with Crippen LogP contribution in [0.4, 0.5) is 0 Å². The molecule has 0 aromatic heterocycles. The Morgan fingerprint density at radius 3 is 2.80 bits per heavy atom. The monoisotopic (exact) mass is 279 g/mol. The lowest BCUT2D eigenvalue weighted by atomic mass is 9.89. The number of hydrogen-bond donors (Lipinski definition) is 2. The van der Waals surface area contributed by atoms with Gasteiger partial charge < -0.3 is 20.3 Å². The summed E-state index contributed by atoms with van der Waals surface area (Å²) in [7, 11) is 1.57. The lowest BCUT2D eigenvalue weighted by molar-refractivity contribution is -0.137.